The van der Waals surface area contributed by atoms with Gasteiger partial charge >= 0.3 is 11.9 Å². The summed E-state index contributed by atoms with van der Waals surface area (Å²) in [4.78, 5) is 35.1. The molecule has 2 heterocycles. The number of benzene rings is 1. The van der Waals surface area contributed by atoms with Gasteiger partial charge in [-0.1, -0.05) is 42.1 Å². The van der Waals surface area contributed by atoms with Gasteiger partial charge in [0.15, 0.2) is 5.16 Å². The molecule has 182 valence electrons. The Morgan fingerprint density at radius 1 is 0.971 bits per heavy atom. The molecule has 0 saturated heterocycles. The number of aromatic nitrogens is 2. The molecule has 0 aliphatic heterocycles. The second-order valence-corrected chi connectivity index (χ2v) is 12.4. The van der Waals surface area contributed by atoms with Gasteiger partial charge in [0.05, 0.1) is 16.8 Å². The molecule has 1 aromatic carbocycles. The third-order valence-electron chi connectivity index (χ3n) is 4.08. The lowest BCUT2D eigenvalue weighted by Gasteiger charge is -2.19. The molecule has 0 bridgehead atoms. The number of anilines is 1. The number of thioether (sulfide) groups is 2. The number of thiophene rings is 1. The molecule has 0 unspecified atom stereocenters. The lowest BCUT2D eigenvalue weighted by Crippen LogP contribution is -2.25. The predicted octanol–water partition coefficient (Wildman–Crippen LogP) is 5.95. The van der Waals surface area contributed by atoms with Gasteiger partial charge in [0.25, 0.3) is 0 Å². The maximum absolute atomic E-state index is 12.8. The molecule has 3 rings (SSSR count). The van der Waals surface area contributed by atoms with Crippen molar-refractivity contribution in [1.29, 1.82) is 0 Å². The van der Waals surface area contributed by atoms with Crippen LogP contribution in [0.5, 0.6) is 0 Å². The first kappa shape index (κ1) is 26.3. The lowest BCUT2D eigenvalue weighted by atomic mass is 10.2. The van der Waals surface area contributed by atoms with Crippen molar-refractivity contribution in [2.45, 2.75) is 68.7 Å². The van der Waals surface area contributed by atoms with Crippen LogP contribution in [0.3, 0.4) is 0 Å². The highest BCUT2D eigenvalue weighted by atomic mass is 32.2. The molecule has 34 heavy (non-hydrogen) atoms. The van der Waals surface area contributed by atoms with Crippen molar-refractivity contribution in [2.75, 3.05) is 11.5 Å². The number of nitrogen functional groups attached to an aromatic ring is 1. The molecule has 0 aliphatic rings. The van der Waals surface area contributed by atoms with E-state index in [1.54, 1.807) is 20.8 Å². The zero-order valence-electron chi connectivity index (χ0n) is 20.1. The molecule has 7 nitrogen and oxygen atoms in total. The minimum Gasteiger partial charge on any atom is -0.459 e. The van der Waals surface area contributed by atoms with Gasteiger partial charge in [-0.25, -0.2) is 14.8 Å². The number of rotatable bonds is 7. The highest BCUT2D eigenvalue weighted by Gasteiger charge is 2.26. The number of carbonyl (C=O) groups excluding carboxylic acids is 2. The van der Waals surface area contributed by atoms with Crippen LogP contribution < -0.4 is 5.73 Å². The van der Waals surface area contributed by atoms with E-state index in [0.717, 1.165) is 5.56 Å². The van der Waals surface area contributed by atoms with E-state index in [1.807, 2.05) is 51.1 Å². The fourth-order valence-electron chi connectivity index (χ4n) is 2.84. The summed E-state index contributed by atoms with van der Waals surface area (Å²) in [5.74, 6) is -0.0966. The van der Waals surface area contributed by atoms with E-state index in [9.17, 15) is 9.59 Å². The van der Waals surface area contributed by atoms with Gasteiger partial charge in [0, 0.05) is 5.75 Å². The maximum atomic E-state index is 12.8. The molecule has 0 amide bonds. The Morgan fingerprint density at radius 2 is 1.62 bits per heavy atom. The Bertz CT molecular complexity index is 1180. The van der Waals surface area contributed by atoms with Crippen molar-refractivity contribution in [3.63, 3.8) is 0 Å². The Kier molecular flexibility index (Phi) is 8.15. The minimum absolute atomic E-state index is 0.0748. The molecule has 0 saturated carbocycles. The molecule has 0 aliphatic carbocycles. The molecule has 0 fully saturated rings. The molecule has 0 radical (unpaired) electrons. The minimum atomic E-state index is -0.648. The van der Waals surface area contributed by atoms with E-state index in [-0.39, 0.29) is 11.7 Å². The summed E-state index contributed by atoms with van der Waals surface area (Å²) >= 11 is 3.87. The topological polar surface area (TPSA) is 104 Å². The van der Waals surface area contributed by atoms with Crippen LogP contribution in [-0.2, 0) is 20.0 Å². The number of nitrogens with two attached hydrogens (primary N) is 1. The van der Waals surface area contributed by atoms with Gasteiger partial charge in [-0.3, -0.25) is 4.79 Å². The molecule has 3 aromatic rings. The summed E-state index contributed by atoms with van der Waals surface area (Å²) in [5.41, 5.74) is 6.63. The van der Waals surface area contributed by atoms with Crippen molar-refractivity contribution in [3.05, 3.63) is 40.8 Å². The van der Waals surface area contributed by atoms with Crippen LogP contribution in [0, 0.1) is 0 Å². The van der Waals surface area contributed by atoms with Crippen LogP contribution >= 0.6 is 34.9 Å². The number of esters is 2. The van der Waals surface area contributed by atoms with Crippen molar-refractivity contribution < 1.29 is 19.1 Å². The van der Waals surface area contributed by atoms with Gasteiger partial charge in [-0.2, -0.15) is 0 Å². The van der Waals surface area contributed by atoms with Crippen LogP contribution in [0.1, 0.15) is 56.8 Å². The number of nitrogens with zero attached hydrogens (tertiary/aromatic N) is 2. The maximum Gasteiger partial charge on any atom is 0.351 e. The summed E-state index contributed by atoms with van der Waals surface area (Å²) in [5, 5.41) is 1.71. The normalized spacial score (nSPS) is 12.1. The van der Waals surface area contributed by atoms with Crippen LogP contribution in [-0.4, -0.2) is 38.9 Å². The quantitative estimate of drug-likeness (QED) is 0.175. The standard InChI is InChI=1S/C24H29N3O4S3/c1-23(2,3)30-15(28)13-33-22-26-19(32-12-14-10-8-7-9-11-14)16-17(25)18(34-20(16)27-22)21(29)31-24(4,5)6/h7-11H,12-13,25H2,1-6H3. The van der Waals surface area contributed by atoms with Crippen molar-refractivity contribution in [3.8, 4) is 0 Å². The third-order valence-corrected chi connectivity index (χ3v) is 7.02. The van der Waals surface area contributed by atoms with Crippen LogP contribution in [0.2, 0.25) is 0 Å². The molecule has 0 spiro atoms. The number of hydrogen-bond acceptors (Lipinski definition) is 10. The van der Waals surface area contributed by atoms with Crippen LogP contribution in [0.4, 0.5) is 5.69 Å². The largest absolute Gasteiger partial charge is 0.459 e. The van der Waals surface area contributed by atoms with E-state index in [1.165, 1.54) is 34.9 Å². The lowest BCUT2D eigenvalue weighted by molar-refractivity contribution is -0.151. The molecule has 10 heteroatoms. The van der Waals surface area contributed by atoms with Gasteiger partial charge in [-0.05, 0) is 47.1 Å². The average Bonchev–Trinajstić information content (AvgIpc) is 3.05. The molecule has 2 N–H and O–H groups in total. The summed E-state index contributed by atoms with van der Waals surface area (Å²) in [6.45, 7) is 10.9. The Balaban J connectivity index is 1.94. The first-order valence-corrected chi connectivity index (χ1v) is 13.5. The SMILES string of the molecule is CC(C)(C)OC(=O)CSc1nc(SCc2ccccc2)c2c(N)c(C(=O)OC(C)(C)C)sc2n1. The van der Waals surface area contributed by atoms with E-state index < -0.39 is 17.2 Å². The average molecular weight is 520 g/mol. The van der Waals surface area contributed by atoms with Gasteiger partial charge in [0.2, 0.25) is 0 Å². The fraction of sp³-hybridized carbons (Fsp3) is 0.417. The second-order valence-electron chi connectivity index (χ2n) is 9.49. The Labute approximate surface area is 212 Å². The Hall–Kier alpha value is -2.30. The number of fused-ring (bicyclic) bond motifs is 1. The van der Waals surface area contributed by atoms with Crippen molar-refractivity contribution >= 4 is 62.7 Å². The zero-order chi connectivity index (χ0) is 25.1. The smallest absolute Gasteiger partial charge is 0.351 e. The number of ether oxygens (including phenoxy) is 2. The predicted molar refractivity (Wildman–Crippen MR) is 140 cm³/mol. The van der Waals surface area contributed by atoms with Crippen LogP contribution in [0.25, 0.3) is 10.2 Å². The highest BCUT2D eigenvalue weighted by molar-refractivity contribution is 8.00. The van der Waals surface area contributed by atoms with E-state index >= 15 is 0 Å². The third kappa shape index (κ3) is 7.35. The second kappa shape index (κ2) is 10.5. The van der Waals surface area contributed by atoms with Gasteiger partial charge < -0.3 is 15.2 Å². The van der Waals surface area contributed by atoms with Crippen LogP contribution in [0.15, 0.2) is 40.5 Å². The fourth-order valence-corrected chi connectivity index (χ4v) is 5.60. The van der Waals surface area contributed by atoms with Crippen molar-refractivity contribution in [2.24, 2.45) is 0 Å². The van der Waals surface area contributed by atoms with E-state index in [0.29, 0.717) is 36.7 Å². The Morgan fingerprint density at radius 3 is 2.24 bits per heavy atom. The summed E-state index contributed by atoms with van der Waals surface area (Å²) in [6, 6.07) is 9.99. The summed E-state index contributed by atoms with van der Waals surface area (Å²) in [6.07, 6.45) is 0. The highest BCUT2D eigenvalue weighted by Crippen LogP contribution is 2.40. The summed E-state index contributed by atoms with van der Waals surface area (Å²) in [7, 11) is 0. The molecule has 0 atom stereocenters. The van der Waals surface area contributed by atoms with Crippen molar-refractivity contribution in [1.82, 2.24) is 9.97 Å². The van der Waals surface area contributed by atoms with E-state index in [4.69, 9.17) is 15.2 Å². The summed E-state index contributed by atoms with van der Waals surface area (Å²) < 4.78 is 10.9. The van der Waals surface area contributed by atoms with Gasteiger partial charge in [-0.15, -0.1) is 23.1 Å². The zero-order valence-corrected chi connectivity index (χ0v) is 22.6. The first-order chi connectivity index (χ1) is 15.8. The number of hydrogen-bond donors (Lipinski definition) is 1. The first-order valence-electron chi connectivity index (χ1n) is 10.7. The monoisotopic (exact) mass is 519 g/mol. The number of carbonyl (C=O) groups is 2. The molecular weight excluding hydrogens is 490 g/mol. The molecule has 2 aromatic heterocycles. The molecular formula is C24H29N3O4S3. The van der Waals surface area contributed by atoms with Gasteiger partial charge in [0.1, 0.15) is 25.9 Å². The van der Waals surface area contributed by atoms with E-state index in [2.05, 4.69) is 9.97 Å².